The Kier molecular flexibility index (Phi) is 4.59. The summed E-state index contributed by atoms with van der Waals surface area (Å²) in [5, 5.41) is 11.3. The average molecular weight is 268 g/mol. The summed E-state index contributed by atoms with van der Waals surface area (Å²) in [6, 6.07) is 0.582. The number of aliphatic hydroxyl groups is 1. The standard InChI is InChI=1S/C16H32N2O/c1-13(2)18-9-4-6-16(19,8-10-18)15(12-17)7-5-14(3)11-15/h13-14,19H,4-12,17H2,1-3H3. The largest absolute Gasteiger partial charge is 0.389 e. The maximum Gasteiger partial charge on any atom is 0.0728 e. The van der Waals surface area contributed by atoms with Crippen molar-refractivity contribution in [2.75, 3.05) is 19.6 Å². The first kappa shape index (κ1) is 15.3. The van der Waals surface area contributed by atoms with Gasteiger partial charge < -0.3 is 15.7 Å². The normalized spacial score (nSPS) is 41.7. The topological polar surface area (TPSA) is 49.5 Å². The number of nitrogens with zero attached hydrogens (tertiary/aromatic N) is 1. The van der Waals surface area contributed by atoms with Gasteiger partial charge in [0.25, 0.3) is 0 Å². The summed E-state index contributed by atoms with van der Waals surface area (Å²) in [7, 11) is 0. The van der Waals surface area contributed by atoms with Gasteiger partial charge in [-0.2, -0.15) is 0 Å². The molecular weight excluding hydrogens is 236 g/mol. The Morgan fingerprint density at radius 3 is 2.53 bits per heavy atom. The summed E-state index contributed by atoms with van der Waals surface area (Å²) in [4.78, 5) is 2.50. The number of rotatable bonds is 3. The van der Waals surface area contributed by atoms with Crippen LogP contribution in [0.15, 0.2) is 0 Å². The lowest BCUT2D eigenvalue weighted by Crippen LogP contribution is -2.52. The van der Waals surface area contributed by atoms with Crippen LogP contribution in [-0.4, -0.2) is 41.3 Å². The van der Waals surface area contributed by atoms with Crippen LogP contribution in [0.3, 0.4) is 0 Å². The molecule has 2 rings (SSSR count). The van der Waals surface area contributed by atoms with E-state index in [9.17, 15) is 5.11 Å². The lowest BCUT2D eigenvalue weighted by molar-refractivity contribution is -0.0902. The molecule has 3 nitrogen and oxygen atoms in total. The second kappa shape index (κ2) is 5.71. The molecule has 0 spiro atoms. The Labute approximate surface area is 118 Å². The van der Waals surface area contributed by atoms with E-state index in [4.69, 9.17) is 5.73 Å². The van der Waals surface area contributed by atoms with Crippen LogP contribution in [0.25, 0.3) is 0 Å². The molecule has 0 radical (unpaired) electrons. The van der Waals surface area contributed by atoms with Gasteiger partial charge in [-0.05, 0) is 58.4 Å². The van der Waals surface area contributed by atoms with Gasteiger partial charge in [0.15, 0.2) is 0 Å². The van der Waals surface area contributed by atoms with Gasteiger partial charge in [0.1, 0.15) is 0 Å². The Morgan fingerprint density at radius 1 is 1.26 bits per heavy atom. The Hall–Kier alpha value is -0.120. The molecule has 0 bridgehead atoms. The number of hydrogen-bond donors (Lipinski definition) is 2. The molecule has 3 heteroatoms. The third-order valence-corrected chi connectivity index (χ3v) is 5.81. The zero-order valence-corrected chi connectivity index (χ0v) is 13.0. The first-order chi connectivity index (χ1) is 8.92. The van der Waals surface area contributed by atoms with Crippen LogP contribution in [0.5, 0.6) is 0 Å². The Morgan fingerprint density at radius 2 is 2.00 bits per heavy atom. The fourth-order valence-electron chi connectivity index (χ4n) is 4.38. The summed E-state index contributed by atoms with van der Waals surface area (Å²) in [5.41, 5.74) is 5.57. The zero-order chi connectivity index (χ0) is 14.1. The molecule has 0 aromatic heterocycles. The molecule has 3 unspecified atom stereocenters. The second-order valence-corrected chi connectivity index (χ2v) is 7.35. The van der Waals surface area contributed by atoms with E-state index in [1.807, 2.05) is 0 Å². The SMILES string of the molecule is CC1CCC(CN)(C2(O)CCCN(C(C)C)CC2)C1. The second-order valence-electron chi connectivity index (χ2n) is 7.35. The fraction of sp³-hybridized carbons (Fsp3) is 1.00. The van der Waals surface area contributed by atoms with E-state index in [1.165, 1.54) is 6.42 Å². The zero-order valence-electron chi connectivity index (χ0n) is 13.0. The van der Waals surface area contributed by atoms with E-state index in [0.717, 1.165) is 51.1 Å². The number of likely N-dealkylation sites (tertiary alicyclic amines) is 1. The van der Waals surface area contributed by atoms with Crippen LogP contribution in [-0.2, 0) is 0 Å². The molecular formula is C16H32N2O. The highest BCUT2D eigenvalue weighted by Gasteiger charge is 2.52. The summed E-state index contributed by atoms with van der Waals surface area (Å²) >= 11 is 0. The maximum atomic E-state index is 11.3. The Bertz CT molecular complexity index is 307. The highest BCUT2D eigenvalue weighted by atomic mass is 16.3. The average Bonchev–Trinajstić information content (AvgIpc) is 2.64. The van der Waals surface area contributed by atoms with Crippen molar-refractivity contribution in [3.8, 4) is 0 Å². The molecule has 0 amide bonds. The van der Waals surface area contributed by atoms with Gasteiger partial charge in [0.05, 0.1) is 5.60 Å². The molecule has 112 valence electrons. The van der Waals surface area contributed by atoms with Gasteiger partial charge >= 0.3 is 0 Å². The van der Waals surface area contributed by atoms with Crippen LogP contribution in [0.1, 0.15) is 59.3 Å². The van der Waals surface area contributed by atoms with Gasteiger partial charge in [-0.3, -0.25) is 0 Å². The minimum absolute atomic E-state index is 0.0145. The van der Waals surface area contributed by atoms with Crippen LogP contribution in [0.2, 0.25) is 0 Å². The predicted octanol–water partition coefficient (Wildman–Crippen LogP) is 2.38. The highest BCUT2D eigenvalue weighted by molar-refractivity contribution is 5.04. The molecule has 1 heterocycles. The molecule has 1 aliphatic heterocycles. The fourth-order valence-corrected chi connectivity index (χ4v) is 4.38. The molecule has 3 N–H and O–H groups in total. The number of nitrogens with two attached hydrogens (primary N) is 1. The van der Waals surface area contributed by atoms with Crippen molar-refractivity contribution >= 4 is 0 Å². The molecule has 2 aliphatic rings. The lowest BCUT2D eigenvalue weighted by atomic mass is 9.66. The molecule has 1 aliphatic carbocycles. The molecule has 3 atom stereocenters. The predicted molar refractivity (Wildman–Crippen MR) is 80.0 cm³/mol. The van der Waals surface area contributed by atoms with Crippen molar-refractivity contribution in [3.63, 3.8) is 0 Å². The van der Waals surface area contributed by atoms with Crippen LogP contribution >= 0.6 is 0 Å². The molecule has 2 fully saturated rings. The van der Waals surface area contributed by atoms with Crippen LogP contribution in [0, 0.1) is 11.3 Å². The van der Waals surface area contributed by atoms with E-state index in [2.05, 4.69) is 25.7 Å². The summed E-state index contributed by atoms with van der Waals surface area (Å²) in [5.74, 6) is 0.719. The van der Waals surface area contributed by atoms with Gasteiger partial charge in [-0.15, -0.1) is 0 Å². The van der Waals surface area contributed by atoms with Gasteiger partial charge in [0, 0.05) is 24.5 Å². The summed E-state index contributed by atoms with van der Waals surface area (Å²) in [6.07, 6.45) is 6.39. The molecule has 0 aromatic carbocycles. The summed E-state index contributed by atoms with van der Waals surface area (Å²) in [6.45, 7) is 9.59. The maximum absolute atomic E-state index is 11.3. The van der Waals surface area contributed by atoms with Crippen molar-refractivity contribution in [1.29, 1.82) is 0 Å². The molecule has 0 aromatic rings. The van der Waals surface area contributed by atoms with E-state index >= 15 is 0 Å². The summed E-state index contributed by atoms with van der Waals surface area (Å²) < 4.78 is 0. The monoisotopic (exact) mass is 268 g/mol. The lowest BCUT2D eigenvalue weighted by Gasteiger charge is -2.45. The van der Waals surface area contributed by atoms with E-state index in [1.54, 1.807) is 0 Å². The van der Waals surface area contributed by atoms with Crippen molar-refractivity contribution < 1.29 is 5.11 Å². The highest BCUT2D eigenvalue weighted by Crippen LogP contribution is 2.52. The van der Waals surface area contributed by atoms with E-state index in [0.29, 0.717) is 12.6 Å². The van der Waals surface area contributed by atoms with Gasteiger partial charge in [-0.1, -0.05) is 13.3 Å². The van der Waals surface area contributed by atoms with Crippen LogP contribution in [0.4, 0.5) is 0 Å². The molecule has 1 saturated carbocycles. The van der Waals surface area contributed by atoms with Crippen molar-refractivity contribution in [3.05, 3.63) is 0 Å². The molecule has 19 heavy (non-hydrogen) atoms. The minimum Gasteiger partial charge on any atom is -0.389 e. The van der Waals surface area contributed by atoms with Crippen LogP contribution < -0.4 is 5.73 Å². The van der Waals surface area contributed by atoms with E-state index < -0.39 is 5.60 Å². The third kappa shape index (κ3) is 2.84. The minimum atomic E-state index is -0.532. The Balaban J connectivity index is 2.13. The quantitative estimate of drug-likeness (QED) is 0.826. The number of hydrogen-bond acceptors (Lipinski definition) is 3. The van der Waals surface area contributed by atoms with Gasteiger partial charge in [0.2, 0.25) is 0 Å². The molecule has 1 saturated heterocycles. The van der Waals surface area contributed by atoms with Crippen molar-refractivity contribution in [1.82, 2.24) is 4.90 Å². The third-order valence-electron chi connectivity index (χ3n) is 5.81. The smallest absolute Gasteiger partial charge is 0.0728 e. The van der Waals surface area contributed by atoms with Crippen molar-refractivity contribution in [2.24, 2.45) is 17.1 Å². The van der Waals surface area contributed by atoms with Crippen molar-refractivity contribution in [2.45, 2.75) is 70.9 Å². The van der Waals surface area contributed by atoms with E-state index in [-0.39, 0.29) is 5.41 Å². The first-order valence-corrected chi connectivity index (χ1v) is 8.09. The van der Waals surface area contributed by atoms with Gasteiger partial charge in [-0.25, -0.2) is 0 Å². The first-order valence-electron chi connectivity index (χ1n) is 8.09.